The van der Waals surface area contributed by atoms with Crippen molar-refractivity contribution in [3.05, 3.63) is 40.8 Å². The van der Waals surface area contributed by atoms with Crippen molar-refractivity contribution in [1.82, 2.24) is 0 Å². The zero-order valence-electron chi connectivity index (χ0n) is 16.5. The third kappa shape index (κ3) is 6.79. The van der Waals surface area contributed by atoms with E-state index in [0.29, 0.717) is 22.9 Å². The summed E-state index contributed by atoms with van der Waals surface area (Å²) in [5.74, 6) is -0.626. The van der Waals surface area contributed by atoms with Crippen LogP contribution < -0.4 is 14.8 Å². The zero-order valence-corrected chi connectivity index (χ0v) is 17.3. The number of esters is 2. The highest BCUT2D eigenvalue weighted by Crippen LogP contribution is 2.29. The largest absolute Gasteiger partial charge is 0.497 e. The zero-order chi connectivity index (χ0) is 21.2. The molecule has 0 radical (unpaired) electrons. The maximum Gasteiger partial charge on any atom is 0.344 e. The maximum atomic E-state index is 12.1. The molecular formula is C20H23NO7S. The topological polar surface area (TPSA) is 100 Å². The van der Waals surface area contributed by atoms with Gasteiger partial charge in [0.1, 0.15) is 16.5 Å². The average Bonchev–Trinajstić information content (AvgIpc) is 3.14. The van der Waals surface area contributed by atoms with Crippen molar-refractivity contribution in [2.45, 2.75) is 20.3 Å². The van der Waals surface area contributed by atoms with Crippen molar-refractivity contribution in [2.24, 2.45) is 0 Å². The van der Waals surface area contributed by atoms with Gasteiger partial charge in [0, 0.05) is 4.88 Å². The minimum atomic E-state index is -0.693. The Morgan fingerprint density at radius 3 is 2.31 bits per heavy atom. The summed E-state index contributed by atoms with van der Waals surface area (Å²) in [6, 6.07) is 8.38. The van der Waals surface area contributed by atoms with Gasteiger partial charge in [0.25, 0.3) is 5.91 Å². The van der Waals surface area contributed by atoms with Gasteiger partial charge < -0.3 is 24.3 Å². The number of benzene rings is 1. The van der Waals surface area contributed by atoms with E-state index in [2.05, 4.69) is 5.32 Å². The van der Waals surface area contributed by atoms with E-state index in [1.165, 1.54) is 11.3 Å². The number of methoxy groups -OCH3 is 1. The molecule has 0 aliphatic heterocycles. The van der Waals surface area contributed by atoms with Crippen LogP contribution in [0.25, 0.3) is 0 Å². The van der Waals surface area contributed by atoms with Crippen LogP contribution in [0.3, 0.4) is 0 Å². The van der Waals surface area contributed by atoms with Gasteiger partial charge in [-0.15, -0.1) is 11.3 Å². The lowest BCUT2D eigenvalue weighted by atomic mass is 10.2. The fourth-order valence-electron chi connectivity index (χ4n) is 2.23. The normalized spacial score (nSPS) is 10.2. The van der Waals surface area contributed by atoms with Gasteiger partial charge in [-0.1, -0.05) is 6.92 Å². The quantitative estimate of drug-likeness (QED) is 0.589. The second kappa shape index (κ2) is 11.1. The Labute approximate surface area is 172 Å². The van der Waals surface area contributed by atoms with Gasteiger partial charge in [0.05, 0.1) is 19.3 Å². The first-order chi connectivity index (χ1) is 14.0. The van der Waals surface area contributed by atoms with Crippen molar-refractivity contribution in [3.8, 4) is 11.5 Å². The monoisotopic (exact) mass is 421 g/mol. The standard InChI is InChI=1S/C20H23NO7S/c1-4-15-10-16(20(24)26-5-2)19(29-15)21-17(22)11-28-18(23)12-27-14-8-6-13(25-3)7-9-14/h6-10H,4-5,11-12H2,1-3H3,(H,21,22). The van der Waals surface area contributed by atoms with Crippen LogP contribution in [0.1, 0.15) is 29.1 Å². The highest BCUT2D eigenvalue weighted by Gasteiger charge is 2.19. The number of thiophene rings is 1. The highest BCUT2D eigenvalue weighted by atomic mass is 32.1. The second-order valence-corrected chi connectivity index (χ2v) is 6.84. The van der Waals surface area contributed by atoms with E-state index in [4.69, 9.17) is 18.9 Å². The van der Waals surface area contributed by atoms with Crippen molar-refractivity contribution in [2.75, 3.05) is 32.2 Å². The first kappa shape index (κ1) is 22.2. The second-order valence-electron chi connectivity index (χ2n) is 5.70. The van der Waals surface area contributed by atoms with E-state index in [1.807, 2.05) is 6.92 Å². The molecule has 8 nitrogen and oxygen atoms in total. The van der Waals surface area contributed by atoms with Gasteiger partial charge in [-0.25, -0.2) is 9.59 Å². The molecular weight excluding hydrogens is 398 g/mol. The van der Waals surface area contributed by atoms with Gasteiger partial charge in [0.2, 0.25) is 0 Å². The fraction of sp³-hybridized carbons (Fsp3) is 0.350. The first-order valence-corrected chi connectivity index (χ1v) is 9.80. The molecule has 0 unspecified atom stereocenters. The minimum Gasteiger partial charge on any atom is -0.497 e. The first-order valence-electron chi connectivity index (χ1n) is 8.98. The van der Waals surface area contributed by atoms with Crippen LogP contribution in [-0.4, -0.2) is 44.8 Å². The number of nitrogens with one attached hydrogen (secondary N) is 1. The van der Waals surface area contributed by atoms with Crippen molar-refractivity contribution in [1.29, 1.82) is 0 Å². The Balaban J connectivity index is 1.83. The lowest BCUT2D eigenvalue weighted by Crippen LogP contribution is -2.24. The predicted octanol–water partition coefficient (Wildman–Crippen LogP) is 3.06. The minimum absolute atomic E-state index is 0.231. The number of carbonyl (C=O) groups excluding carboxylic acids is 3. The van der Waals surface area contributed by atoms with Crippen LogP contribution in [0.5, 0.6) is 11.5 Å². The fourth-order valence-corrected chi connectivity index (χ4v) is 3.23. The lowest BCUT2D eigenvalue weighted by Gasteiger charge is -2.08. The van der Waals surface area contributed by atoms with Crippen molar-refractivity contribution >= 4 is 34.2 Å². The number of ether oxygens (including phenoxy) is 4. The smallest absolute Gasteiger partial charge is 0.344 e. The molecule has 1 aromatic heterocycles. The molecule has 1 aromatic carbocycles. The van der Waals surface area contributed by atoms with Crippen LogP contribution in [-0.2, 0) is 25.5 Å². The summed E-state index contributed by atoms with van der Waals surface area (Å²) in [6.45, 7) is 3.04. The van der Waals surface area contributed by atoms with E-state index in [0.717, 1.165) is 4.88 Å². The molecule has 2 aromatic rings. The van der Waals surface area contributed by atoms with Crippen LogP contribution in [0.2, 0.25) is 0 Å². The Morgan fingerprint density at radius 1 is 1.00 bits per heavy atom. The van der Waals surface area contributed by atoms with Crippen molar-refractivity contribution < 1.29 is 33.3 Å². The Hall–Kier alpha value is -3.07. The van der Waals surface area contributed by atoms with E-state index in [9.17, 15) is 14.4 Å². The Bertz CT molecular complexity index is 845. The summed E-state index contributed by atoms with van der Waals surface area (Å²) in [6.07, 6.45) is 0.713. The number of rotatable bonds is 10. The molecule has 0 aliphatic carbocycles. The van der Waals surface area contributed by atoms with Crippen LogP contribution in [0.15, 0.2) is 30.3 Å². The third-order valence-electron chi connectivity index (χ3n) is 3.66. The van der Waals surface area contributed by atoms with Gasteiger partial charge >= 0.3 is 11.9 Å². The van der Waals surface area contributed by atoms with Crippen LogP contribution in [0.4, 0.5) is 5.00 Å². The molecule has 0 aliphatic rings. The van der Waals surface area contributed by atoms with Crippen molar-refractivity contribution in [3.63, 3.8) is 0 Å². The predicted molar refractivity (Wildman–Crippen MR) is 108 cm³/mol. The number of aryl methyl sites for hydroxylation is 1. The van der Waals surface area contributed by atoms with Gasteiger partial charge in [-0.2, -0.15) is 0 Å². The molecule has 0 bridgehead atoms. The number of anilines is 1. The summed E-state index contributed by atoms with van der Waals surface area (Å²) in [5.41, 5.74) is 0.288. The molecule has 1 amide bonds. The SMILES string of the molecule is CCOC(=O)c1cc(CC)sc1NC(=O)COC(=O)COc1ccc(OC)cc1. The molecule has 1 heterocycles. The molecule has 29 heavy (non-hydrogen) atoms. The van der Waals surface area contributed by atoms with Gasteiger partial charge in [-0.05, 0) is 43.7 Å². The lowest BCUT2D eigenvalue weighted by molar-refractivity contribution is -0.149. The summed E-state index contributed by atoms with van der Waals surface area (Å²) in [4.78, 5) is 36.8. The number of amides is 1. The van der Waals surface area contributed by atoms with Gasteiger partial charge in [0.15, 0.2) is 13.2 Å². The molecule has 0 spiro atoms. The van der Waals surface area contributed by atoms with Gasteiger partial charge in [-0.3, -0.25) is 4.79 Å². The van der Waals surface area contributed by atoms with E-state index < -0.39 is 24.5 Å². The number of hydrogen-bond donors (Lipinski definition) is 1. The molecule has 0 atom stereocenters. The number of hydrogen-bond acceptors (Lipinski definition) is 8. The Morgan fingerprint density at radius 2 is 1.69 bits per heavy atom. The average molecular weight is 421 g/mol. The third-order valence-corrected chi connectivity index (χ3v) is 4.86. The molecule has 9 heteroatoms. The molecule has 0 saturated heterocycles. The molecule has 2 rings (SSSR count). The van der Waals surface area contributed by atoms with E-state index in [1.54, 1.807) is 44.4 Å². The molecule has 0 saturated carbocycles. The van der Waals surface area contributed by atoms with E-state index >= 15 is 0 Å². The molecule has 0 fully saturated rings. The summed E-state index contributed by atoms with van der Waals surface area (Å²) in [5, 5.41) is 2.96. The summed E-state index contributed by atoms with van der Waals surface area (Å²) >= 11 is 1.28. The Kier molecular flexibility index (Phi) is 8.47. The summed E-state index contributed by atoms with van der Waals surface area (Å²) < 4.78 is 20.2. The van der Waals surface area contributed by atoms with Crippen LogP contribution in [0, 0.1) is 0 Å². The van der Waals surface area contributed by atoms with E-state index in [-0.39, 0.29) is 18.8 Å². The van der Waals surface area contributed by atoms with Crippen LogP contribution >= 0.6 is 11.3 Å². The number of carbonyl (C=O) groups is 3. The molecule has 156 valence electrons. The summed E-state index contributed by atoms with van der Waals surface area (Å²) in [7, 11) is 1.55. The maximum absolute atomic E-state index is 12.1. The molecule has 1 N–H and O–H groups in total. The highest BCUT2D eigenvalue weighted by molar-refractivity contribution is 7.16.